The number of ether oxygens (including phenoxy) is 1. The number of nitrogens with zero attached hydrogens (tertiary/aromatic N) is 3. The molecule has 1 amide bonds. The van der Waals surface area contributed by atoms with Crippen LogP contribution in [-0.4, -0.2) is 39.7 Å². The molecule has 1 aliphatic rings. The molecule has 0 saturated heterocycles. The van der Waals surface area contributed by atoms with Crippen LogP contribution in [0.15, 0.2) is 12.3 Å². The third-order valence-electron chi connectivity index (χ3n) is 2.82. The predicted molar refractivity (Wildman–Crippen MR) is 77.4 cm³/mol. The van der Waals surface area contributed by atoms with Gasteiger partial charge in [0.2, 0.25) is 5.28 Å². The lowest BCUT2D eigenvalue weighted by Crippen LogP contribution is -2.39. The third kappa shape index (κ3) is 4.14. The Morgan fingerprint density at radius 3 is 2.86 bits per heavy atom. The highest BCUT2D eigenvalue weighted by atomic mass is 35.5. The van der Waals surface area contributed by atoms with E-state index in [1.54, 1.807) is 20.8 Å². The summed E-state index contributed by atoms with van der Waals surface area (Å²) in [6.07, 6.45) is 3.06. The molecule has 0 N–H and O–H groups in total. The number of carbonyl (C=O) groups excluding carboxylic acids is 1. The SMILES string of the molecule is CC(C)(C)OC(=O)N1CCC=C(c2nc(Cl)ncc2F)C1. The summed E-state index contributed by atoms with van der Waals surface area (Å²) in [5.74, 6) is -0.559. The lowest BCUT2D eigenvalue weighted by molar-refractivity contribution is 0.0273. The van der Waals surface area contributed by atoms with Crippen LogP contribution >= 0.6 is 11.6 Å². The van der Waals surface area contributed by atoms with E-state index in [1.165, 1.54) is 4.90 Å². The van der Waals surface area contributed by atoms with Gasteiger partial charge in [0.05, 0.1) is 12.7 Å². The van der Waals surface area contributed by atoms with E-state index in [0.717, 1.165) is 6.20 Å². The van der Waals surface area contributed by atoms with E-state index in [2.05, 4.69) is 9.97 Å². The molecule has 21 heavy (non-hydrogen) atoms. The maximum atomic E-state index is 13.8. The zero-order valence-electron chi connectivity index (χ0n) is 12.2. The summed E-state index contributed by atoms with van der Waals surface area (Å²) in [7, 11) is 0. The minimum absolute atomic E-state index is 0.0262. The number of hydrogen-bond acceptors (Lipinski definition) is 4. The van der Waals surface area contributed by atoms with Gasteiger partial charge in [0, 0.05) is 6.54 Å². The Hall–Kier alpha value is -1.69. The zero-order chi connectivity index (χ0) is 15.6. The Balaban J connectivity index is 2.16. The normalized spacial score (nSPS) is 15.7. The molecule has 0 bridgehead atoms. The maximum Gasteiger partial charge on any atom is 0.410 e. The standard InChI is InChI=1S/C14H17ClFN3O2/c1-14(2,3)21-13(20)19-6-4-5-9(8-19)11-10(16)7-17-12(15)18-11/h5,7H,4,6,8H2,1-3H3. The number of carbonyl (C=O) groups is 1. The number of rotatable bonds is 1. The first-order valence-corrected chi connectivity index (χ1v) is 6.99. The molecule has 0 unspecified atom stereocenters. The first kappa shape index (κ1) is 15.7. The Labute approximate surface area is 127 Å². The molecule has 0 spiro atoms. The highest BCUT2D eigenvalue weighted by Crippen LogP contribution is 2.23. The van der Waals surface area contributed by atoms with Crippen LogP contribution in [0.2, 0.25) is 5.28 Å². The molecule has 0 aliphatic carbocycles. The average Bonchev–Trinajstić information content (AvgIpc) is 2.40. The van der Waals surface area contributed by atoms with Crippen LogP contribution in [0.3, 0.4) is 0 Å². The fourth-order valence-electron chi connectivity index (χ4n) is 1.97. The molecule has 1 aromatic rings. The Morgan fingerprint density at radius 2 is 2.19 bits per heavy atom. The lowest BCUT2D eigenvalue weighted by Gasteiger charge is -2.30. The fourth-order valence-corrected chi connectivity index (χ4v) is 2.10. The highest BCUT2D eigenvalue weighted by molar-refractivity contribution is 6.28. The van der Waals surface area contributed by atoms with Crippen molar-refractivity contribution in [1.29, 1.82) is 0 Å². The van der Waals surface area contributed by atoms with Gasteiger partial charge in [0.1, 0.15) is 11.3 Å². The molecule has 5 nitrogen and oxygen atoms in total. The molecule has 1 aliphatic heterocycles. The fraction of sp³-hybridized carbons (Fsp3) is 0.500. The van der Waals surface area contributed by atoms with E-state index in [1.807, 2.05) is 6.08 Å². The molecule has 1 aromatic heterocycles. The van der Waals surface area contributed by atoms with Gasteiger partial charge in [-0.15, -0.1) is 0 Å². The van der Waals surface area contributed by atoms with Crippen molar-refractivity contribution in [2.75, 3.05) is 13.1 Å². The highest BCUT2D eigenvalue weighted by Gasteiger charge is 2.26. The van der Waals surface area contributed by atoms with Gasteiger partial charge in [-0.2, -0.15) is 0 Å². The van der Waals surface area contributed by atoms with E-state index in [4.69, 9.17) is 16.3 Å². The minimum Gasteiger partial charge on any atom is -0.444 e. The predicted octanol–water partition coefficient (Wildman–Crippen LogP) is 3.29. The van der Waals surface area contributed by atoms with E-state index < -0.39 is 17.5 Å². The molecular formula is C14H17ClFN3O2. The van der Waals surface area contributed by atoms with Crippen molar-refractivity contribution in [2.24, 2.45) is 0 Å². The second-order valence-electron chi connectivity index (χ2n) is 5.76. The van der Waals surface area contributed by atoms with Crippen LogP contribution in [0.4, 0.5) is 9.18 Å². The molecule has 2 heterocycles. The molecule has 114 valence electrons. The second-order valence-corrected chi connectivity index (χ2v) is 6.09. The monoisotopic (exact) mass is 313 g/mol. The summed E-state index contributed by atoms with van der Waals surface area (Å²) in [4.78, 5) is 21.1. The van der Waals surface area contributed by atoms with Gasteiger partial charge in [0.15, 0.2) is 5.82 Å². The largest absolute Gasteiger partial charge is 0.444 e. The van der Waals surface area contributed by atoms with Crippen LogP contribution in [0.1, 0.15) is 32.9 Å². The van der Waals surface area contributed by atoms with E-state index in [-0.39, 0.29) is 17.5 Å². The van der Waals surface area contributed by atoms with Crippen molar-refractivity contribution in [3.05, 3.63) is 29.1 Å². The van der Waals surface area contributed by atoms with Crippen LogP contribution in [0, 0.1) is 5.82 Å². The number of aromatic nitrogens is 2. The Kier molecular flexibility index (Phi) is 4.46. The summed E-state index contributed by atoms with van der Waals surface area (Å²) in [5, 5.41) is -0.0262. The Bertz CT molecular complexity index is 584. The number of hydrogen-bond donors (Lipinski definition) is 0. The van der Waals surface area contributed by atoms with E-state index in [9.17, 15) is 9.18 Å². The topological polar surface area (TPSA) is 55.3 Å². The van der Waals surface area contributed by atoms with Crippen LogP contribution < -0.4 is 0 Å². The summed E-state index contributed by atoms with van der Waals surface area (Å²) in [5.41, 5.74) is 0.166. The third-order valence-corrected chi connectivity index (χ3v) is 3.00. The van der Waals surface area contributed by atoms with Crippen LogP contribution in [0.25, 0.3) is 5.57 Å². The smallest absolute Gasteiger partial charge is 0.410 e. The summed E-state index contributed by atoms with van der Waals surface area (Å²) in [6.45, 7) is 6.17. The summed E-state index contributed by atoms with van der Waals surface area (Å²) in [6, 6.07) is 0. The van der Waals surface area contributed by atoms with Gasteiger partial charge >= 0.3 is 6.09 Å². The van der Waals surface area contributed by atoms with Gasteiger partial charge in [-0.25, -0.2) is 19.2 Å². The van der Waals surface area contributed by atoms with E-state index >= 15 is 0 Å². The molecule has 0 fully saturated rings. The van der Waals surface area contributed by atoms with E-state index in [0.29, 0.717) is 18.5 Å². The second kappa shape index (κ2) is 5.97. The van der Waals surface area contributed by atoms with Crippen molar-refractivity contribution >= 4 is 23.3 Å². The van der Waals surface area contributed by atoms with Crippen LogP contribution in [-0.2, 0) is 4.74 Å². The first-order chi connectivity index (χ1) is 9.76. The Morgan fingerprint density at radius 1 is 1.48 bits per heavy atom. The van der Waals surface area contributed by atoms with Crippen molar-refractivity contribution < 1.29 is 13.9 Å². The van der Waals surface area contributed by atoms with Crippen LogP contribution in [0.5, 0.6) is 0 Å². The van der Waals surface area contributed by atoms with Gasteiger partial charge in [-0.05, 0) is 44.4 Å². The minimum atomic E-state index is -0.568. The van der Waals surface area contributed by atoms with Crippen molar-refractivity contribution in [1.82, 2.24) is 14.9 Å². The average molecular weight is 314 g/mol. The van der Waals surface area contributed by atoms with Gasteiger partial charge in [0.25, 0.3) is 0 Å². The zero-order valence-corrected chi connectivity index (χ0v) is 12.9. The molecule has 0 radical (unpaired) electrons. The van der Waals surface area contributed by atoms with Gasteiger partial charge in [-0.1, -0.05) is 6.08 Å². The number of halogens is 2. The first-order valence-electron chi connectivity index (χ1n) is 6.61. The summed E-state index contributed by atoms with van der Waals surface area (Å²) >= 11 is 5.70. The van der Waals surface area contributed by atoms with Gasteiger partial charge in [-0.3, -0.25) is 0 Å². The number of amides is 1. The molecule has 0 aromatic carbocycles. The van der Waals surface area contributed by atoms with Crippen molar-refractivity contribution in [3.63, 3.8) is 0 Å². The van der Waals surface area contributed by atoms with Gasteiger partial charge < -0.3 is 9.64 Å². The molecule has 7 heteroatoms. The maximum absolute atomic E-state index is 13.8. The summed E-state index contributed by atoms with van der Waals surface area (Å²) < 4.78 is 19.1. The lowest BCUT2D eigenvalue weighted by atomic mass is 10.1. The quantitative estimate of drug-likeness (QED) is 0.747. The molecular weight excluding hydrogens is 297 g/mol. The van der Waals surface area contributed by atoms with Crippen molar-refractivity contribution in [2.45, 2.75) is 32.8 Å². The molecule has 0 saturated carbocycles. The van der Waals surface area contributed by atoms with Crippen molar-refractivity contribution in [3.8, 4) is 0 Å². The molecule has 0 atom stereocenters. The molecule has 2 rings (SSSR count).